The van der Waals surface area contributed by atoms with Gasteiger partial charge in [-0.2, -0.15) is 0 Å². The summed E-state index contributed by atoms with van der Waals surface area (Å²) in [6, 6.07) is 0. The Bertz CT molecular complexity index is 197. The number of unbranched alkanes of at least 4 members (excludes halogenated alkanes) is 3. The summed E-state index contributed by atoms with van der Waals surface area (Å²) < 4.78 is 0. The van der Waals surface area contributed by atoms with Gasteiger partial charge in [-0.3, -0.25) is 9.69 Å². The molecule has 0 atom stereocenters. The first kappa shape index (κ1) is 19.8. The molecule has 0 aliphatic carbocycles. The lowest BCUT2D eigenvalue weighted by molar-refractivity contribution is -0.137. The summed E-state index contributed by atoms with van der Waals surface area (Å²) in [5.41, 5.74) is 0.445. The number of nitrogens with zero attached hydrogens (tertiary/aromatic N) is 1. The Hall–Kier alpha value is -0.570. The van der Waals surface area contributed by atoms with E-state index in [1.54, 1.807) is 0 Å². The molecule has 18 heavy (non-hydrogen) atoms. The highest BCUT2D eigenvalue weighted by atomic mass is 16.4. The Morgan fingerprint density at radius 3 is 2.00 bits per heavy atom. The number of carbonyl (C=O) groups is 1. The van der Waals surface area contributed by atoms with Crippen molar-refractivity contribution in [2.24, 2.45) is 5.41 Å². The SMILES string of the molecule is CC.CN(CCCCCCC(C)(C)C)CC(=O)O. The van der Waals surface area contributed by atoms with Gasteiger partial charge in [0, 0.05) is 0 Å². The molecule has 1 N–H and O–H groups in total. The van der Waals surface area contributed by atoms with Crippen LogP contribution in [-0.4, -0.2) is 36.1 Å². The maximum Gasteiger partial charge on any atom is 0.317 e. The lowest BCUT2D eigenvalue weighted by Gasteiger charge is -2.18. The molecule has 0 heterocycles. The Balaban J connectivity index is 0. The standard InChI is InChI=1S/C13H27NO2.C2H6/c1-13(2,3)9-7-5-6-8-10-14(4)11-12(15)16;1-2/h5-11H2,1-4H3,(H,15,16);1-2H3. The molecule has 0 rings (SSSR count). The summed E-state index contributed by atoms with van der Waals surface area (Å²) >= 11 is 0. The topological polar surface area (TPSA) is 40.5 Å². The van der Waals surface area contributed by atoms with E-state index in [1.165, 1.54) is 25.7 Å². The fourth-order valence-electron chi connectivity index (χ4n) is 1.70. The Labute approximate surface area is 114 Å². The third-order valence-electron chi connectivity index (χ3n) is 2.62. The van der Waals surface area contributed by atoms with Crippen LogP contribution in [0.5, 0.6) is 0 Å². The van der Waals surface area contributed by atoms with E-state index in [2.05, 4.69) is 20.8 Å². The molecule has 0 saturated carbocycles. The Kier molecular flexibility index (Phi) is 12.6. The van der Waals surface area contributed by atoms with Crippen molar-refractivity contribution >= 4 is 5.97 Å². The molecule has 0 radical (unpaired) electrons. The van der Waals surface area contributed by atoms with Crippen molar-refractivity contribution in [2.45, 2.75) is 66.7 Å². The maximum atomic E-state index is 10.4. The van der Waals surface area contributed by atoms with Crippen LogP contribution in [0.3, 0.4) is 0 Å². The summed E-state index contributed by atoms with van der Waals surface area (Å²) in [6.45, 7) is 11.9. The zero-order chi connectivity index (χ0) is 14.6. The van der Waals surface area contributed by atoms with Gasteiger partial charge in [-0.15, -0.1) is 0 Å². The summed E-state index contributed by atoms with van der Waals surface area (Å²) in [5, 5.41) is 8.57. The van der Waals surface area contributed by atoms with Crippen LogP contribution < -0.4 is 0 Å². The van der Waals surface area contributed by atoms with E-state index in [4.69, 9.17) is 5.11 Å². The molecular formula is C15H33NO2. The van der Waals surface area contributed by atoms with Crippen molar-refractivity contribution in [1.29, 1.82) is 0 Å². The first-order valence-corrected chi connectivity index (χ1v) is 7.21. The van der Waals surface area contributed by atoms with E-state index in [9.17, 15) is 4.79 Å². The number of likely N-dealkylation sites (N-methyl/N-ethyl adjacent to an activating group) is 1. The first-order valence-electron chi connectivity index (χ1n) is 7.21. The van der Waals surface area contributed by atoms with Gasteiger partial charge in [-0.25, -0.2) is 0 Å². The average molecular weight is 259 g/mol. The third kappa shape index (κ3) is 17.8. The lowest BCUT2D eigenvalue weighted by atomic mass is 9.89. The molecule has 0 saturated heterocycles. The monoisotopic (exact) mass is 259 g/mol. The molecule has 3 heteroatoms. The van der Waals surface area contributed by atoms with Crippen LogP contribution in [-0.2, 0) is 4.79 Å². The van der Waals surface area contributed by atoms with Gasteiger partial charge < -0.3 is 5.11 Å². The Morgan fingerprint density at radius 2 is 1.56 bits per heavy atom. The lowest BCUT2D eigenvalue weighted by Crippen LogP contribution is -2.26. The smallest absolute Gasteiger partial charge is 0.317 e. The average Bonchev–Trinajstić information content (AvgIpc) is 2.23. The molecule has 0 bridgehead atoms. The zero-order valence-electron chi connectivity index (χ0n) is 13.3. The van der Waals surface area contributed by atoms with Gasteiger partial charge in [0.15, 0.2) is 0 Å². The van der Waals surface area contributed by atoms with Crippen molar-refractivity contribution in [3.8, 4) is 0 Å². The van der Waals surface area contributed by atoms with Crippen LogP contribution in [0.25, 0.3) is 0 Å². The maximum absolute atomic E-state index is 10.4. The molecule has 3 nitrogen and oxygen atoms in total. The van der Waals surface area contributed by atoms with Crippen LogP contribution >= 0.6 is 0 Å². The second-order valence-electron chi connectivity index (χ2n) is 5.86. The molecule has 0 fully saturated rings. The first-order chi connectivity index (χ1) is 8.31. The number of hydrogen-bond acceptors (Lipinski definition) is 2. The van der Waals surface area contributed by atoms with Gasteiger partial charge in [-0.1, -0.05) is 53.9 Å². The van der Waals surface area contributed by atoms with Gasteiger partial charge in [0.2, 0.25) is 0 Å². The van der Waals surface area contributed by atoms with Crippen molar-refractivity contribution in [3.63, 3.8) is 0 Å². The molecular weight excluding hydrogens is 226 g/mol. The van der Waals surface area contributed by atoms with E-state index in [1.807, 2.05) is 25.8 Å². The van der Waals surface area contributed by atoms with Crippen LogP contribution in [0.2, 0.25) is 0 Å². The molecule has 0 aromatic heterocycles. The quantitative estimate of drug-likeness (QED) is 0.669. The molecule has 0 aliphatic rings. The summed E-state index contributed by atoms with van der Waals surface area (Å²) in [4.78, 5) is 12.3. The minimum absolute atomic E-state index is 0.155. The largest absolute Gasteiger partial charge is 0.480 e. The molecule has 110 valence electrons. The van der Waals surface area contributed by atoms with Crippen molar-refractivity contribution < 1.29 is 9.90 Å². The van der Waals surface area contributed by atoms with E-state index < -0.39 is 5.97 Å². The predicted molar refractivity (Wildman–Crippen MR) is 79.0 cm³/mol. The van der Waals surface area contributed by atoms with Crippen molar-refractivity contribution in [1.82, 2.24) is 4.90 Å². The third-order valence-corrected chi connectivity index (χ3v) is 2.62. The van der Waals surface area contributed by atoms with E-state index >= 15 is 0 Å². The molecule has 0 amide bonds. The Morgan fingerprint density at radius 1 is 1.06 bits per heavy atom. The minimum Gasteiger partial charge on any atom is -0.480 e. The highest BCUT2D eigenvalue weighted by molar-refractivity contribution is 5.68. The molecule has 0 unspecified atom stereocenters. The molecule has 0 spiro atoms. The number of carboxylic acids is 1. The second kappa shape index (κ2) is 11.5. The predicted octanol–water partition coefficient (Wildman–Crippen LogP) is 4.03. The second-order valence-corrected chi connectivity index (χ2v) is 5.86. The molecule has 0 aliphatic heterocycles. The van der Waals surface area contributed by atoms with E-state index in [0.717, 1.165) is 13.0 Å². The minimum atomic E-state index is -0.741. The highest BCUT2D eigenvalue weighted by Crippen LogP contribution is 2.22. The van der Waals surface area contributed by atoms with E-state index in [-0.39, 0.29) is 6.54 Å². The van der Waals surface area contributed by atoms with E-state index in [0.29, 0.717) is 5.41 Å². The van der Waals surface area contributed by atoms with Crippen LogP contribution in [0.4, 0.5) is 0 Å². The summed E-state index contributed by atoms with van der Waals surface area (Å²) in [7, 11) is 1.86. The van der Waals surface area contributed by atoms with Crippen LogP contribution in [0.1, 0.15) is 66.7 Å². The van der Waals surface area contributed by atoms with Gasteiger partial charge in [0.1, 0.15) is 0 Å². The van der Waals surface area contributed by atoms with Gasteiger partial charge in [0.05, 0.1) is 6.54 Å². The van der Waals surface area contributed by atoms with Gasteiger partial charge in [0.25, 0.3) is 0 Å². The highest BCUT2D eigenvalue weighted by Gasteiger charge is 2.09. The fourth-order valence-corrected chi connectivity index (χ4v) is 1.70. The number of rotatable bonds is 8. The summed E-state index contributed by atoms with van der Waals surface area (Å²) in [5.74, 6) is -0.741. The molecule has 0 aromatic carbocycles. The molecule has 0 aromatic rings. The number of carboxylic acid groups (broad SMARTS) is 1. The zero-order valence-corrected chi connectivity index (χ0v) is 13.3. The number of aliphatic carboxylic acids is 1. The van der Waals surface area contributed by atoms with Crippen LogP contribution in [0, 0.1) is 5.41 Å². The number of hydrogen-bond donors (Lipinski definition) is 1. The van der Waals surface area contributed by atoms with Gasteiger partial charge in [-0.05, 0) is 31.8 Å². The fraction of sp³-hybridized carbons (Fsp3) is 0.933. The van der Waals surface area contributed by atoms with Crippen LogP contribution in [0.15, 0.2) is 0 Å². The normalized spacial score (nSPS) is 11.1. The van der Waals surface area contributed by atoms with Gasteiger partial charge >= 0.3 is 5.97 Å². The van der Waals surface area contributed by atoms with Crippen molar-refractivity contribution in [3.05, 3.63) is 0 Å². The summed E-state index contributed by atoms with van der Waals surface area (Å²) in [6.07, 6.45) is 6.14. The van der Waals surface area contributed by atoms with Crippen molar-refractivity contribution in [2.75, 3.05) is 20.1 Å².